The smallest absolute Gasteiger partial charge is 0.269 e. The molecular formula is C25H27N5O. The van der Waals surface area contributed by atoms with Gasteiger partial charge in [0.05, 0.1) is 5.69 Å². The Morgan fingerprint density at radius 3 is 2.61 bits per heavy atom. The molecule has 1 unspecified atom stereocenters. The monoisotopic (exact) mass is 413 g/mol. The number of hydrogen-bond donors (Lipinski definition) is 1. The summed E-state index contributed by atoms with van der Waals surface area (Å²) in [5.74, 6) is 0.144. The highest BCUT2D eigenvalue weighted by Crippen LogP contribution is 2.27. The van der Waals surface area contributed by atoms with E-state index in [-0.39, 0.29) is 5.69 Å². The van der Waals surface area contributed by atoms with E-state index in [1.54, 1.807) is 10.7 Å². The maximum Gasteiger partial charge on any atom is 0.269 e. The van der Waals surface area contributed by atoms with Gasteiger partial charge < -0.3 is 15.2 Å². The second-order valence-corrected chi connectivity index (χ2v) is 8.62. The molecule has 1 fully saturated rings. The van der Waals surface area contributed by atoms with E-state index in [0.717, 1.165) is 29.9 Å². The van der Waals surface area contributed by atoms with Gasteiger partial charge in [0.25, 0.3) is 5.91 Å². The van der Waals surface area contributed by atoms with Crippen molar-refractivity contribution in [1.82, 2.24) is 19.2 Å². The lowest BCUT2D eigenvalue weighted by Gasteiger charge is -2.12. The molecular weight excluding hydrogens is 386 g/mol. The lowest BCUT2D eigenvalue weighted by Crippen LogP contribution is -2.13. The maximum atomic E-state index is 11.4. The number of fused-ring (bicyclic) bond motifs is 1. The zero-order chi connectivity index (χ0) is 21.5. The van der Waals surface area contributed by atoms with Gasteiger partial charge in [0.1, 0.15) is 0 Å². The van der Waals surface area contributed by atoms with E-state index in [1.165, 1.54) is 29.6 Å². The van der Waals surface area contributed by atoms with Gasteiger partial charge in [0, 0.05) is 35.9 Å². The molecule has 1 amide bonds. The molecule has 2 aromatic carbocycles. The number of primary amides is 1. The van der Waals surface area contributed by atoms with Crippen molar-refractivity contribution < 1.29 is 4.79 Å². The molecule has 0 radical (unpaired) electrons. The van der Waals surface area contributed by atoms with Crippen LogP contribution < -0.4 is 5.73 Å². The van der Waals surface area contributed by atoms with Crippen LogP contribution in [0.3, 0.4) is 0 Å². The standard InChI is InChI=1S/C25H27N5O/c1-17-13-23(25(26)31)27-30(17)22-7-8-24-20(14-22)10-12-29(24)15-18-3-5-19(6-4-18)21-9-11-28(2)16-21/h3-8,10,12-14,21H,9,11,15-16H2,1-2H3,(H2,26,31). The third kappa shape index (κ3) is 3.75. The second-order valence-electron chi connectivity index (χ2n) is 8.62. The number of aryl methyl sites for hydroxylation is 1. The molecule has 6 nitrogen and oxygen atoms in total. The average molecular weight is 414 g/mol. The normalized spacial score (nSPS) is 16.9. The Labute approximate surface area is 181 Å². The lowest BCUT2D eigenvalue weighted by molar-refractivity contribution is 0.0995. The van der Waals surface area contributed by atoms with Crippen LogP contribution in [0.2, 0.25) is 0 Å². The molecule has 1 aliphatic heterocycles. The van der Waals surface area contributed by atoms with Crippen molar-refractivity contribution in [3.8, 4) is 5.69 Å². The van der Waals surface area contributed by atoms with Crippen LogP contribution in [0.25, 0.3) is 16.6 Å². The summed E-state index contributed by atoms with van der Waals surface area (Å²) in [6.45, 7) is 5.09. The summed E-state index contributed by atoms with van der Waals surface area (Å²) >= 11 is 0. The van der Waals surface area contributed by atoms with Crippen LogP contribution in [0.15, 0.2) is 60.8 Å². The molecule has 1 saturated heterocycles. The van der Waals surface area contributed by atoms with Gasteiger partial charge in [-0.05, 0) is 74.3 Å². The van der Waals surface area contributed by atoms with Crippen LogP contribution in [0.4, 0.5) is 0 Å². The van der Waals surface area contributed by atoms with E-state index in [0.29, 0.717) is 5.92 Å². The molecule has 158 valence electrons. The number of aromatic nitrogens is 3. The van der Waals surface area contributed by atoms with Crippen LogP contribution >= 0.6 is 0 Å². The minimum atomic E-state index is -0.514. The molecule has 0 saturated carbocycles. The van der Waals surface area contributed by atoms with E-state index in [4.69, 9.17) is 5.73 Å². The minimum Gasteiger partial charge on any atom is -0.364 e. The molecule has 0 bridgehead atoms. The summed E-state index contributed by atoms with van der Waals surface area (Å²) in [6.07, 6.45) is 3.37. The Morgan fingerprint density at radius 1 is 1.13 bits per heavy atom. The zero-order valence-electron chi connectivity index (χ0n) is 18.0. The number of carbonyl (C=O) groups is 1. The predicted octanol–water partition coefficient (Wildman–Crippen LogP) is 3.70. The topological polar surface area (TPSA) is 69.1 Å². The van der Waals surface area contributed by atoms with E-state index in [2.05, 4.69) is 70.3 Å². The molecule has 1 aliphatic rings. The predicted molar refractivity (Wildman–Crippen MR) is 123 cm³/mol. The summed E-state index contributed by atoms with van der Waals surface area (Å²) in [4.78, 5) is 13.8. The van der Waals surface area contributed by atoms with Gasteiger partial charge >= 0.3 is 0 Å². The van der Waals surface area contributed by atoms with Crippen LogP contribution in [0.5, 0.6) is 0 Å². The second kappa shape index (κ2) is 7.71. The van der Waals surface area contributed by atoms with Crippen molar-refractivity contribution in [2.24, 2.45) is 5.73 Å². The number of likely N-dealkylation sites (N-methyl/N-ethyl adjacent to an activating group) is 1. The zero-order valence-corrected chi connectivity index (χ0v) is 18.0. The summed E-state index contributed by atoms with van der Waals surface area (Å²) in [6, 6.07) is 19.2. The number of nitrogens with two attached hydrogens (primary N) is 1. The highest BCUT2D eigenvalue weighted by molar-refractivity contribution is 5.91. The van der Waals surface area contributed by atoms with Gasteiger partial charge in [-0.3, -0.25) is 4.79 Å². The van der Waals surface area contributed by atoms with Gasteiger partial charge in [0.2, 0.25) is 0 Å². The van der Waals surface area contributed by atoms with Gasteiger partial charge in [-0.25, -0.2) is 4.68 Å². The number of hydrogen-bond acceptors (Lipinski definition) is 3. The van der Waals surface area contributed by atoms with Gasteiger partial charge in [-0.2, -0.15) is 5.10 Å². The van der Waals surface area contributed by atoms with Gasteiger partial charge in [-0.1, -0.05) is 24.3 Å². The first-order chi connectivity index (χ1) is 15.0. The number of amides is 1. The Kier molecular flexibility index (Phi) is 4.87. The largest absolute Gasteiger partial charge is 0.364 e. The first kappa shape index (κ1) is 19.6. The van der Waals surface area contributed by atoms with Crippen LogP contribution in [-0.2, 0) is 6.54 Å². The molecule has 5 rings (SSSR count). The van der Waals surface area contributed by atoms with E-state index in [1.807, 2.05) is 13.0 Å². The Balaban J connectivity index is 1.37. The number of carbonyl (C=O) groups excluding carboxylic acids is 1. The first-order valence-corrected chi connectivity index (χ1v) is 10.7. The van der Waals surface area contributed by atoms with Gasteiger partial charge in [0.15, 0.2) is 5.69 Å². The molecule has 0 aliphatic carbocycles. The van der Waals surface area contributed by atoms with Crippen LogP contribution in [0, 0.1) is 6.92 Å². The fourth-order valence-corrected chi connectivity index (χ4v) is 4.61. The van der Waals surface area contributed by atoms with Gasteiger partial charge in [-0.15, -0.1) is 0 Å². The maximum absolute atomic E-state index is 11.4. The third-order valence-electron chi connectivity index (χ3n) is 6.33. The summed E-state index contributed by atoms with van der Waals surface area (Å²) < 4.78 is 4.03. The van der Waals surface area contributed by atoms with Crippen LogP contribution in [-0.4, -0.2) is 45.3 Å². The Morgan fingerprint density at radius 2 is 1.94 bits per heavy atom. The third-order valence-corrected chi connectivity index (χ3v) is 6.33. The van der Waals surface area contributed by atoms with Crippen molar-refractivity contribution >= 4 is 16.8 Å². The number of nitrogens with zero attached hydrogens (tertiary/aromatic N) is 4. The summed E-state index contributed by atoms with van der Waals surface area (Å²) in [7, 11) is 2.20. The van der Waals surface area contributed by atoms with Crippen molar-refractivity contribution in [2.45, 2.75) is 25.8 Å². The average Bonchev–Trinajstić information content (AvgIpc) is 3.47. The molecule has 2 aromatic heterocycles. The van der Waals surface area contributed by atoms with E-state index in [9.17, 15) is 4.79 Å². The van der Waals surface area contributed by atoms with Crippen LogP contribution in [0.1, 0.15) is 39.6 Å². The molecule has 0 spiro atoms. The fraction of sp³-hybridized carbons (Fsp3) is 0.280. The van der Waals surface area contributed by atoms with Crippen molar-refractivity contribution in [3.63, 3.8) is 0 Å². The lowest BCUT2D eigenvalue weighted by atomic mass is 9.97. The highest BCUT2D eigenvalue weighted by Gasteiger charge is 2.20. The molecule has 31 heavy (non-hydrogen) atoms. The number of benzene rings is 2. The van der Waals surface area contributed by atoms with E-state index >= 15 is 0 Å². The van der Waals surface area contributed by atoms with Crippen molar-refractivity contribution in [1.29, 1.82) is 0 Å². The Hall–Kier alpha value is -3.38. The molecule has 2 N–H and O–H groups in total. The quantitative estimate of drug-likeness (QED) is 0.542. The number of rotatable bonds is 5. The van der Waals surface area contributed by atoms with Crippen molar-refractivity contribution in [2.75, 3.05) is 20.1 Å². The summed E-state index contributed by atoms with van der Waals surface area (Å²) in [5, 5.41) is 5.48. The highest BCUT2D eigenvalue weighted by atomic mass is 16.1. The molecule has 3 heterocycles. The van der Waals surface area contributed by atoms with E-state index < -0.39 is 5.91 Å². The van der Waals surface area contributed by atoms with Crippen molar-refractivity contribution in [3.05, 3.63) is 83.3 Å². The number of likely N-dealkylation sites (tertiary alicyclic amines) is 1. The first-order valence-electron chi connectivity index (χ1n) is 10.7. The molecule has 6 heteroatoms. The minimum absolute atomic E-state index is 0.280. The molecule has 1 atom stereocenters. The Bertz CT molecular complexity index is 1250. The molecule has 4 aromatic rings. The fourth-order valence-electron chi connectivity index (χ4n) is 4.61. The summed E-state index contributed by atoms with van der Waals surface area (Å²) in [5.41, 5.74) is 11.4. The SMILES string of the molecule is Cc1cc(C(N)=O)nn1-c1ccc2c(ccn2Cc2ccc(C3CCN(C)C3)cc2)c1.